The third kappa shape index (κ3) is 16.5. The van der Waals surface area contributed by atoms with E-state index >= 15 is 0 Å². The molecule has 20 nitrogen and oxygen atoms in total. The molecule has 22 heteroatoms. The fraction of sp³-hybridized carbons (Fsp3) is 0.655. The highest BCUT2D eigenvalue weighted by Crippen LogP contribution is 2.48. The van der Waals surface area contributed by atoms with Crippen LogP contribution in [0.5, 0.6) is 0 Å². The van der Waals surface area contributed by atoms with Crippen molar-refractivity contribution in [1.29, 1.82) is 0 Å². The molecule has 4 fully saturated rings. The van der Waals surface area contributed by atoms with Crippen LogP contribution in [0, 0.1) is 10.8 Å². The minimum absolute atomic E-state index is 0.251. The monoisotopic (exact) mass is 1150 g/mol. The van der Waals surface area contributed by atoms with Crippen molar-refractivity contribution in [2.45, 2.75) is 178 Å². The van der Waals surface area contributed by atoms with Gasteiger partial charge in [0.25, 0.3) is 0 Å². The second-order valence-electron chi connectivity index (χ2n) is 23.1. The summed E-state index contributed by atoms with van der Waals surface area (Å²) < 4.78 is 12.4. The number of rotatable bonds is 27. The van der Waals surface area contributed by atoms with Gasteiger partial charge in [-0.1, -0.05) is 127 Å². The number of unbranched alkanes of at least 4 members (excludes halogenated alkanes) is 7. The Labute approximate surface area is 480 Å². The lowest BCUT2D eigenvalue weighted by Gasteiger charge is -2.35. The number of amides is 8. The average molecular weight is 1150 g/mol. The lowest BCUT2D eigenvalue weighted by Crippen LogP contribution is -2.58. The predicted molar refractivity (Wildman–Crippen MR) is 307 cm³/mol. The number of carboxylic acid groups (broad SMARTS) is 2. The van der Waals surface area contributed by atoms with E-state index in [1.807, 2.05) is 88.4 Å². The van der Waals surface area contributed by atoms with Gasteiger partial charge in [-0.15, -0.1) is 23.5 Å². The fourth-order valence-electron chi connectivity index (χ4n) is 11.2. The van der Waals surface area contributed by atoms with Crippen molar-refractivity contribution in [3.05, 3.63) is 71.8 Å². The molecule has 4 aliphatic rings. The van der Waals surface area contributed by atoms with Crippen LogP contribution in [0.2, 0.25) is 0 Å². The summed E-state index contributed by atoms with van der Waals surface area (Å²) in [5, 5.41) is 30.3. The molecule has 0 aromatic heterocycles. The first-order chi connectivity index (χ1) is 38.0. The minimum Gasteiger partial charge on any atom is -0.465 e. The van der Waals surface area contributed by atoms with Crippen LogP contribution in [0.1, 0.15) is 142 Å². The third-order valence-electron chi connectivity index (χ3n) is 16.2. The third-order valence-corrected chi connectivity index (χ3v) is 18.7. The molecule has 4 saturated heterocycles. The summed E-state index contributed by atoms with van der Waals surface area (Å²) in [5.41, 5.74) is 0.632. The van der Waals surface area contributed by atoms with Crippen LogP contribution in [0.25, 0.3) is 0 Å². The van der Waals surface area contributed by atoms with E-state index < -0.39 is 83.2 Å². The molecule has 2 aromatic rings. The molecule has 0 spiro atoms. The molecule has 0 radical (unpaired) electrons. The van der Waals surface area contributed by atoms with Crippen molar-refractivity contribution in [2.24, 2.45) is 10.8 Å². The predicted octanol–water partition coefficient (Wildman–Crippen LogP) is 7.00. The summed E-state index contributed by atoms with van der Waals surface area (Å²) in [6.07, 6.45) is 7.44. The summed E-state index contributed by atoms with van der Waals surface area (Å²) in [6, 6.07) is 12.9. The van der Waals surface area contributed by atoms with Gasteiger partial charge in [0.2, 0.25) is 35.4 Å². The molecule has 80 heavy (non-hydrogen) atoms. The standard InChI is InChI=1S/C58H86N8O12S2/c1-37(63(7)55(73)74)49(67)59-41-27-31-79-45-33-57(3,4)47(65(45)53(41)71)51(69)61-43(39-23-17-15-18-24-39)35-77-29-21-13-11-9-10-12-14-22-30-78-36-44(40-25-19-16-20-26-40)62-52(70)48-58(5,6)34-46-66(48)54(72)42(28-32-80-46)60-50(68)38(2)64(8)56(75)76/h15-20,23-26,37-38,41-48H,9-14,21-22,27-36H2,1-8H3,(H,59,67)(H,60,68)(H,61,69)(H,62,70)(H,73,74)(H,75,76)/t37?,38?,41-,42-,43?,44?,45-,46-,47+,48+/m0/s1. The zero-order valence-corrected chi connectivity index (χ0v) is 49.5. The highest BCUT2D eigenvalue weighted by atomic mass is 32.2. The Bertz CT molecular complexity index is 2270. The molecular weight excluding hydrogens is 1060 g/mol. The van der Waals surface area contributed by atoms with Crippen LogP contribution in [-0.2, 0) is 38.2 Å². The van der Waals surface area contributed by atoms with E-state index in [9.17, 15) is 48.6 Å². The highest BCUT2D eigenvalue weighted by molar-refractivity contribution is 8.00. The second kappa shape index (κ2) is 29.4. The van der Waals surface area contributed by atoms with Gasteiger partial charge in [0.05, 0.1) is 36.0 Å². The SMILES string of the molecule is CC(C(=O)N[C@H]1CCS[C@H]2CC(C)(C)[C@@H](C(=O)NC(COCCCCCCCCCCOCC(NC(=O)[C@H]3N4C(=O)[C@@H](NC(=O)C(C)N(C)C(=O)O)CCS[C@H]4CC3(C)C)c3ccccc3)c3ccccc3)N2C1=O)N(C)C(=O)O. The van der Waals surface area contributed by atoms with Gasteiger partial charge in [-0.25, -0.2) is 9.59 Å². The molecule has 8 amide bonds. The first-order valence-electron chi connectivity index (χ1n) is 28.3. The van der Waals surface area contributed by atoms with Gasteiger partial charge in [0.1, 0.15) is 36.3 Å². The molecule has 4 unspecified atom stereocenters. The van der Waals surface area contributed by atoms with E-state index in [0.717, 1.165) is 72.3 Å². The molecular formula is C58H86N8O12S2. The molecule has 4 aliphatic heterocycles. The fourth-order valence-corrected chi connectivity index (χ4v) is 14.3. The summed E-state index contributed by atoms with van der Waals surface area (Å²) in [6.45, 7) is 12.4. The maximum atomic E-state index is 14.4. The minimum atomic E-state index is -1.25. The van der Waals surface area contributed by atoms with Crippen LogP contribution in [-0.4, -0.2) is 176 Å². The molecule has 10 atom stereocenters. The lowest BCUT2D eigenvalue weighted by atomic mass is 9.83. The normalized spacial score (nSPS) is 23.7. The Balaban J connectivity index is 0.910. The molecule has 4 heterocycles. The molecule has 0 aliphatic carbocycles. The number of benzene rings is 2. The number of likely N-dealkylation sites (N-methyl/N-ethyl adjacent to an activating group) is 2. The Morgan fingerprint density at radius 1 is 0.588 bits per heavy atom. The Kier molecular flexibility index (Phi) is 23.4. The Morgan fingerprint density at radius 2 is 0.925 bits per heavy atom. The topological polar surface area (TPSA) is 257 Å². The molecule has 6 rings (SSSR count). The highest BCUT2D eigenvalue weighted by Gasteiger charge is 2.56. The number of nitrogens with zero attached hydrogens (tertiary/aromatic N) is 4. The van der Waals surface area contributed by atoms with Gasteiger partial charge in [0.15, 0.2) is 0 Å². The van der Waals surface area contributed by atoms with Crippen molar-refractivity contribution in [3.63, 3.8) is 0 Å². The number of hydrogen-bond acceptors (Lipinski definition) is 12. The summed E-state index contributed by atoms with van der Waals surface area (Å²) in [4.78, 5) is 111. The Morgan fingerprint density at radius 3 is 1.26 bits per heavy atom. The number of thioether (sulfide) groups is 2. The van der Waals surface area contributed by atoms with Crippen LogP contribution in [0.15, 0.2) is 60.7 Å². The lowest BCUT2D eigenvalue weighted by molar-refractivity contribution is -0.144. The molecule has 2 aromatic carbocycles. The zero-order valence-electron chi connectivity index (χ0n) is 47.9. The van der Waals surface area contributed by atoms with Crippen molar-refractivity contribution in [2.75, 3.05) is 52.0 Å². The summed E-state index contributed by atoms with van der Waals surface area (Å²) >= 11 is 3.19. The maximum Gasteiger partial charge on any atom is 0.407 e. The van der Waals surface area contributed by atoms with E-state index in [0.29, 0.717) is 50.4 Å². The smallest absolute Gasteiger partial charge is 0.407 e. The molecule has 0 saturated carbocycles. The Hall–Kier alpha value is -5.58. The van der Waals surface area contributed by atoms with Gasteiger partial charge in [-0.05, 0) is 85.8 Å². The second-order valence-corrected chi connectivity index (χ2v) is 25.7. The first kappa shape index (κ1) is 63.6. The van der Waals surface area contributed by atoms with Gasteiger partial charge in [-0.3, -0.25) is 38.6 Å². The van der Waals surface area contributed by atoms with E-state index in [1.54, 1.807) is 33.3 Å². The van der Waals surface area contributed by atoms with Crippen LogP contribution in [0.4, 0.5) is 9.59 Å². The van der Waals surface area contributed by atoms with Gasteiger partial charge in [0, 0.05) is 27.3 Å². The number of ether oxygens (including phenoxy) is 2. The molecule has 6 N–H and O–H groups in total. The summed E-state index contributed by atoms with van der Waals surface area (Å²) in [7, 11) is 2.61. The van der Waals surface area contributed by atoms with Crippen molar-refractivity contribution in [1.82, 2.24) is 40.9 Å². The van der Waals surface area contributed by atoms with E-state index in [1.165, 1.54) is 27.9 Å². The quantitative estimate of drug-likeness (QED) is 0.0493. The van der Waals surface area contributed by atoms with E-state index in [-0.39, 0.29) is 47.6 Å². The van der Waals surface area contributed by atoms with Gasteiger partial charge < -0.3 is 50.8 Å². The zero-order chi connectivity index (χ0) is 58.3. The largest absolute Gasteiger partial charge is 0.465 e. The van der Waals surface area contributed by atoms with Crippen molar-refractivity contribution < 1.29 is 58.0 Å². The number of hydrogen-bond donors (Lipinski definition) is 6. The van der Waals surface area contributed by atoms with Crippen LogP contribution >= 0.6 is 23.5 Å². The summed E-state index contributed by atoms with van der Waals surface area (Å²) in [5.74, 6) is -1.25. The number of nitrogens with one attached hydrogen (secondary N) is 4. The maximum absolute atomic E-state index is 14.4. The van der Waals surface area contributed by atoms with Gasteiger partial charge >= 0.3 is 12.2 Å². The first-order valence-corrected chi connectivity index (χ1v) is 30.4. The van der Waals surface area contributed by atoms with Crippen molar-refractivity contribution >= 4 is 71.2 Å². The van der Waals surface area contributed by atoms with Crippen LogP contribution in [0.3, 0.4) is 0 Å². The molecule has 0 bridgehead atoms. The number of fused-ring (bicyclic) bond motifs is 2. The molecule has 442 valence electrons. The van der Waals surface area contributed by atoms with Gasteiger partial charge in [-0.2, -0.15) is 0 Å². The average Bonchev–Trinajstić information content (AvgIpc) is 4.02. The number of carbonyl (C=O) groups is 8. The van der Waals surface area contributed by atoms with E-state index in [4.69, 9.17) is 9.47 Å². The van der Waals surface area contributed by atoms with E-state index in [2.05, 4.69) is 21.3 Å². The van der Waals surface area contributed by atoms with Crippen molar-refractivity contribution in [3.8, 4) is 0 Å². The number of carbonyl (C=O) groups excluding carboxylic acids is 6. The van der Waals surface area contributed by atoms with Crippen LogP contribution < -0.4 is 21.3 Å².